The highest BCUT2D eigenvalue weighted by atomic mass is 35.5. The Hall–Kier alpha value is -2.20. The summed E-state index contributed by atoms with van der Waals surface area (Å²) >= 11 is 5.86. The summed E-state index contributed by atoms with van der Waals surface area (Å²) in [5.74, 6) is -0.0513. The third-order valence-electron chi connectivity index (χ3n) is 3.10. The fourth-order valence-electron chi connectivity index (χ4n) is 1.90. The minimum atomic E-state index is -0.0513. The Balaban J connectivity index is 2.14. The number of anilines is 2. The summed E-state index contributed by atoms with van der Waals surface area (Å²) in [6, 6.07) is 12.8. The highest BCUT2D eigenvalue weighted by Crippen LogP contribution is 2.22. The number of nitrogens with two attached hydrogens (primary N) is 1. The third-order valence-corrected chi connectivity index (χ3v) is 3.35. The normalized spacial score (nSPS) is 10.2. The smallest absolute Gasteiger partial charge is 0.253 e. The molecule has 2 aromatic carbocycles. The van der Waals surface area contributed by atoms with Crippen molar-refractivity contribution in [1.82, 2.24) is 4.90 Å². The van der Waals surface area contributed by atoms with Gasteiger partial charge in [0, 0.05) is 31.2 Å². The molecule has 1 amide bonds. The van der Waals surface area contributed by atoms with E-state index in [2.05, 4.69) is 5.32 Å². The SMILES string of the molecule is CN(C)C(=O)c1ccc(N)c(NCc2ccc(Cl)cc2)c1. The second-order valence-corrected chi connectivity index (χ2v) is 5.42. The Morgan fingerprint density at radius 2 is 1.86 bits per heavy atom. The van der Waals surface area contributed by atoms with Crippen LogP contribution in [0.15, 0.2) is 42.5 Å². The minimum absolute atomic E-state index is 0.0513. The summed E-state index contributed by atoms with van der Waals surface area (Å²) in [4.78, 5) is 13.5. The number of rotatable bonds is 4. The van der Waals surface area contributed by atoms with Crippen LogP contribution in [0, 0.1) is 0 Å². The van der Waals surface area contributed by atoms with Crippen LogP contribution in [0.2, 0.25) is 5.02 Å². The molecular formula is C16H18ClN3O. The first-order valence-corrected chi connectivity index (χ1v) is 6.94. The third kappa shape index (κ3) is 3.89. The Morgan fingerprint density at radius 3 is 2.48 bits per heavy atom. The standard InChI is InChI=1S/C16H18ClN3O/c1-20(2)16(21)12-5-8-14(18)15(9-12)19-10-11-3-6-13(17)7-4-11/h3-9,19H,10,18H2,1-2H3. The highest BCUT2D eigenvalue weighted by Gasteiger charge is 2.10. The zero-order valence-corrected chi connectivity index (χ0v) is 12.8. The molecule has 0 unspecified atom stereocenters. The van der Waals surface area contributed by atoms with Crippen molar-refractivity contribution in [3.8, 4) is 0 Å². The second-order valence-electron chi connectivity index (χ2n) is 4.98. The molecule has 2 rings (SSSR count). The zero-order chi connectivity index (χ0) is 15.4. The van der Waals surface area contributed by atoms with Crippen LogP contribution in [-0.4, -0.2) is 24.9 Å². The lowest BCUT2D eigenvalue weighted by molar-refractivity contribution is 0.0827. The summed E-state index contributed by atoms with van der Waals surface area (Å²) in [6.45, 7) is 0.612. The van der Waals surface area contributed by atoms with Crippen molar-refractivity contribution in [2.24, 2.45) is 0 Å². The maximum Gasteiger partial charge on any atom is 0.253 e. The molecule has 3 N–H and O–H groups in total. The lowest BCUT2D eigenvalue weighted by Gasteiger charge is -2.14. The van der Waals surface area contributed by atoms with Crippen LogP contribution in [0.25, 0.3) is 0 Å². The van der Waals surface area contributed by atoms with Crippen LogP contribution in [0.4, 0.5) is 11.4 Å². The van der Waals surface area contributed by atoms with Crippen molar-refractivity contribution in [1.29, 1.82) is 0 Å². The van der Waals surface area contributed by atoms with Gasteiger partial charge in [-0.15, -0.1) is 0 Å². The average Bonchev–Trinajstić information content (AvgIpc) is 2.47. The van der Waals surface area contributed by atoms with Crippen LogP contribution in [0.1, 0.15) is 15.9 Å². The zero-order valence-electron chi connectivity index (χ0n) is 12.1. The molecule has 0 atom stereocenters. The van der Waals surface area contributed by atoms with Crippen LogP contribution in [0.5, 0.6) is 0 Å². The molecule has 0 aromatic heterocycles. The molecule has 0 aliphatic carbocycles. The van der Waals surface area contributed by atoms with E-state index in [-0.39, 0.29) is 5.91 Å². The molecule has 21 heavy (non-hydrogen) atoms. The Kier molecular flexibility index (Phi) is 4.70. The monoisotopic (exact) mass is 303 g/mol. The first-order chi connectivity index (χ1) is 9.97. The molecule has 0 aliphatic rings. The second kappa shape index (κ2) is 6.50. The fraction of sp³-hybridized carbons (Fsp3) is 0.188. The van der Waals surface area contributed by atoms with Gasteiger partial charge in [0.15, 0.2) is 0 Å². The summed E-state index contributed by atoms with van der Waals surface area (Å²) in [7, 11) is 3.44. The largest absolute Gasteiger partial charge is 0.397 e. The molecule has 0 saturated carbocycles. The topological polar surface area (TPSA) is 58.4 Å². The lowest BCUT2D eigenvalue weighted by atomic mass is 10.1. The van der Waals surface area contributed by atoms with Crippen molar-refractivity contribution in [3.05, 3.63) is 58.6 Å². The number of halogens is 1. The number of carbonyl (C=O) groups is 1. The van der Waals surface area contributed by atoms with Gasteiger partial charge in [0.2, 0.25) is 0 Å². The molecule has 0 heterocycles. The number of benzene rings is 2. The van der Waals surface area contributed by atoms with Gasteiger partial charge in [0.1, 0.15) is 0 Å². The van der Waals surface area contributed by atoms with Crippen molar-refractivity contribution in [2.75, 3.05) is 25.1 Å². The maximum absolute atomic E-state index is 12.0. The number of amides is 1. The van der Waals surface area contributed by atoms with Gasteiger partial charge in [0.25, 0.3) is 5.91 Å². The predicted octanol–water partition coefficient (Wildman–Crippen LogP) is 3.24. The van der Waals surface area contributed by atoms with Gasteiger partial charge >= 0.3 is 0 Å². The van der Waals surface area contributed by atoms with Gasteiger partial charge in [-0.2, -0.15) is 0 Å². The molecule has 0 bridgehead atoms. The number of hydrogen-bond acceptors (Lipinski definition) is 3. The van der Waals surface area contributed by atoms with E-state index < -0.39 is 0 Å². The molecule has 5 heteroatoms. The van der Waals surface area contributed by atoms with E-state index in [0.29, 0.717) is 22.8 Å². The molecule has 0 fully saturated rings. The Morgan fingerprint density at radius 1 is 1.19 bits per heavy atom. The summed E-state index contributed by atoms with van der Waals surface area (Å²) in [6.07, 6.45) is 0. The highest BCUT2D eigenvalue weighted by molar-refractivity contribution is 6.30. The quantitative estimate of drug-likeness (QED) is 0.853. The van der Waals surface area contributed by atoms with Crippen molar-refractivity contribution < 1.29 is 4.79 Å². The van der Waals surface area contributed by atoms with E-state index in [1.165, 1.54) is 4.90 Å². The first kappa shape index (κ1) is 15.2. The number of nitrogen functional groups attached to an aromatic ring is 1. The molecule has 0 radical (unpaired) electrons. The molecule has 110 valence electrons. The van der Waals surface area contributed by atoms with E-state index in [9.17, 15) is 4.79 Å². The number of nitrogens with zero attached hydrogens (tertiary/aromatic N) is 1. The van der Waals surface area contributed by atoms with Gasteiger partial charge < -0.3 is 16.0 Å². The molecule has 4 nitrogen and oxygen atoms in total. The van der Waals surface area contributed by atoms with Gasteiger partial charge in [0.05, 0.1) is 11.4 Å². The predicted molar refractivity (Wildman–Crippen MR) is 87.7 cm³/mol. The van der Waals surface area contributed by atoms with E-state index in [0.717, 1.165) is 11.3 Å². The minimum Gasteiger partial charge on any atom is -0.397 e. The number of hydrogen-bond donors (Lipinski definition) is 2. The van der Waals surface area contributed by atoms with Gasteiger partial charge in [-0.1, -0.05) is 23.7 Å². The number of nitrogens with one attached hydrogen (secondary N) is 1. The number of carbonyl (C=O) groups excluding carboxylic acids is 1. The fourth-order valence-corrected chi connectivity index (χ4v) is 2.03. The van der Waals surface area contributed by atoms with Crippen molar-refractivity contribution >= 4 is 28.9 Å². The van der Waals surface area contributed by atoms with Crippen LogP contribution < -0.4 is 11.1 Å². The average molecular weight is 304 g/mol. The van der Waals surface area contributed by atoms with Gasteiger partial charge in [-0.05, 0) is 35.9 Å². The van der Waals surface area contributed by atoms with Gasteiger partial charge in [-0.3, -0.25) is 4.79 Å². The van der Waals surface area contributed by atoms with Crippen LogP contribution >= 0.6 is 11.6 Å². The Labute approximate surface area is 129 Å². The molecule has 0 aliphatic heterocycles. The Bertz CT molecular complexity index is 638. The van der Waals surface area contributed by atoms with E-state index >= 15 is 0 Å². The molecule has 0 spiro atoms. The molecule has 2 aromatic rings. The van der Waals surface area contributed by atoms with Crippen LogP contribution in [0.3, 0.4) is 0 Å². The summed E-state index contributed by atoms with van der Waals surface area (Å²) in [5, 5.41) is 3.95. The van der Waals surface area contributed by atoms with Crippen molar-refractivity contribution in [3.63, 3.8) is 0 Å². The van der Waals surface area contributed by atoms with E-state index in [1.807, 2.05) is 24.3 Å². The lowest BCUT2D eigenvalue weighted by Crippen LogP contribution is -2.21. The van der Waals surface area contributed by atoms with E-state index in [1.54, 1.807) is 32.3 Å². The van der Waals surface area contributed by atoms with Crippen molar-refractivity contribution in [2.45, 2.75) is 6.54 Å². The molecule has 0 saturated heterocycles. The van der Waals surface area contributed by atoms with E-state index in [4.69, 9.17) is 17.3 Å². The first-order valence-electron chi connectivity index (χ1n) is 6.57. The van der Waals surface area contributed by atoms with Gasteiger partial charge in [-0.25, -0.2) is 0 Å². The van der Waals surface area contributed by atoms with Crippen LogP contribution in [-0.2, 0) is 6.54 Å². The maximum atomic E-state index is 12.0. The molecular weight excluding hydrogens is 286 g/mol. The summed E-state index contributed by atoms with van der Waals surface area (Å²) < 4.78 is 0. The summed E-state index contributed by atoms with van der Waals surface area (Å²) in [5.41, 5.74) is 8.99.